The number of hydrogen-bond acceptors (Lipinski definition) is 6. The fraction of sp³-hybridized carbons (Fsp3) is 0.269. The van der Waals surface area contributed by atoms with Crippen molar-refractivity contribution in [3.63, 3.8) is 0 Å². The molecule has 0 fully saturated rings. The number of aryl methyl sites for hydroxylation is 3. The van der Waals surface area contributed by atoms with E-state index in [2.05, 4.69) is 4.98 Å². The first kappa shape index (κ1) is 22.3. The Balaban J connectivity index is 1.46. The summed E-state index contributed by atoms with van der Waals surface area (Å²) in [6.07, 6.45) is 2.90. The van der Waals surface area contributed by atoms with E-state index in [1.165, 1.54) is 7.11 Å². The third-order valence-electron chi connectivity index (χ3n) is 5.35. The summed E-state index contributed by atoms with van der Waals surface area (Å²) < 4.78 is 18.0. The molecule has 7 nitrogen and oxygen atoms in total. The highest BCUT2D eigenvalue weighted by Gasteiger charge is 2.13. The summed E-state index contributed by atoms with van der Waals surface area (Å²) in [6, 6.07) is 17.9. The first-order chi connectivity index (χ1) is 16.0. The molecular formula is C26H27N3O4. The van der Waals surface area contributed by atoms with Crippen molar-refractivity contribution < 1.29 is 18.7 Å². The molecule has 2 aromatic heterocycles. The highest BCUT2D eigenvalue weighted by atomic mass is 16.5. The minimum Gasteiger partial charge on any atom is -0.487 e. The summed E-state index contributed by atoms with van der Waals surface area (Å²) in [5.41, 5.74) is 4.83. The average molecular weight is 446 g/mol. The Kier molecular flexibility index (Phi) is 6.88. The molecular weight excluding hydrogens is 418 g/mol. The van der Waals surface area contributed by atoms with Crippen molar-refractivity contribution in [3.05, 3.63) is 89.3 Å². The van der Waals surface area contributed by atoms with E-state index < -0.39 is 0 Å². The van der Waals surface area contributed by atoms with Crippen LogP contribution in [0.4, 0.5) is 0 Å². The molecule has 0 bridgehead atoms. The minimum absolute atomic E-state index is 0.228. The Bertz CT molecular complexity index is 1210. The normalized spacial score (nSPS) is 10.9. The van der Waals surface area contributed by atoms with Gasteiger partial charge < -0.3 is 13.9 Å². The van der Waals surface area contributed by atoms with Gasteiger partial charge in [0.2, 0.25) is 0 Å². The number of aromatic nitrogens is 3. The molecule has 4 aromatic rings. The highest BCUT2D eigenvalue weighted by Crippen LogP contribution is 2.24. The number of hydrogen-bond donors (Lipinski definition) is 0. The predicted octanol–water partition coefficient (Wildman–Crippen LogP) is 4.89. The van der Waals surface area contributed by atoms with E-state index in [1.807, 2.05) is 79.3 Å². The smallest absolute Gasteiger partial charge is 0.305 e. The molecule has 170 valence electrons. The molecule has 0 saturated carbocycles. The standard InChI is InChI=1S/C26H27N3O4/c1-18-24(27-19(2)33-18)17-32-23-12-9-20(10-13-23)15-29-16-22(11-14-25(30)31-3)26(28-29)21-7-5-4-6-8-21/h4-10,12-13,16H,11,14-15,17H2,1-3H3. The molecule has 0 amide bonds. The first-order valence-electron chi connectivity index (χ1n) is 10.8. The molecule has 4 rings (SSSR count). The number of oxazole rings is 1. The maximum Gasteiger partial charge on any atom is 0.305 e. The van der Waals surface area contributed by atoms with Crippen LogP contribution in [0.3, 0.4) is 0 Å². The monoisotopic (exact) mass is 445 g/mol. The van der Waals surface area contributed by atoms with Gasteiger partial charge in [0.1, 0.15) is 23.8 Å². The number of rotatable bonds is 9. The second-order valence-electron chi connectivity index (χ2n) is 7.81. The van der Waals surface area contributed by atoms with Crippen LogP contribution < -0.4 is 4.74 Å². The van der Waals surface area contributed by atoms with Gasteiger partial charge in [-0.1, -0.05) is 42.5 Å². The van der Waals surface area contributed by atoms with Crippen molar-refractivity contribution >= 4 is 5.97 Å². The van der Waals surface area contributed by atoms with E-state index in [0.717, 1.165) is 39.6 Å². The van der Waals surface area contributed by atoms with Gasteiger partial charge in [-0.2, -0.15) is 5.10 Å². The molecule has 0 atom stereocenters. The van der Waals surface area contributed by atoms with Crippen LogP contribution in [-0.4, -0.2) is 27.8 Å². The molecule has 2 heterocycles. The molecule has 0 unspecified atom stereocenters. The van der Waals surface area contributed by atoms with Crippen LogP contribution >= 0.6 is 0 Å². The lowest BCUT2D eigenvalue weighted by molar-refractivity contribution is -0.140. The average Bonchev–Trinajstić information content (AvgIpc) is 3.39. The van der Waals surface area contributed by atoms with Gasteiger partial charge in [0.05, 0.1) is 19.3 Å². The molecule has 33 heavy (non-hydrogen) atoms. The summed E-state index contributed by atoms with van der Waals surface area (Å²) in [7, 11) is 1.41. The maximum atomic E-state index is 11.7. The van der Waals surface area contributed by atoms with Crippen LogP contribution in [0.2, 0.25) is 0 Å². The molecule has 0 saturated heterocycles. The van der Waals surface area contributed by atoms with Crippen molar-refractivity contribution in [3.8, 4) is 17.0 Å². The second kappa shape index (κ2) is 10.2. The van der Waals surface area contributed by atoms with E-state index in [-0.39, 0.29) is 5.97 Å². The Morgan fingerprint density at radius 2 is 1.82 bits per heavy atom. The molecule has 2 aromatic carbocycles. The molecule has 0 N–H and O–H groups in total. The lowest BCUT2D eigenvalue weighted by Crippen LogP contribution is -2.02. The zero-order chi connectivity index (χ0) is 23.2. The largest absolute Gasteiger partial charge is 0.487 e. The molecule has 7 heteroatoms. The molecule has 0 spiro atoms. The number of carbonyl (C=O) groups excluding carboxylic acids is 1. The molecule has 0 aliphatic rings. The van der Waals surface area contributed by atoms with E-state index in [4.69, 9.17) is 19.0 Å². The quantitative estimate of drug-likeness (QED) is 0.341. The van der Waals surface area contributed by atoms with Crippen LogP contribution in [-0.2, 0) is 29.1 Å². The van der Waals surface area contributed by atoms with Gasteiger partial charge in [-0.25, -0.2) is 4.98 Å². The van der Waals surface area contributed by atoms with E-state index in [0.29, 0.717) is 31.9 Å². The topological polar surface area (TPSA) is 79.4 Å². The van der Waals surface area contributed by atoms with Gasteiger partial charge in [-0.15, -0.1) is 0 Å². The fourth-order valence-corrected chi connectivity index (χ4v) is 3.64. The van der Waals surface area contributed by atoms with Crippen molar-refractivity contribution in [2.45, 2.75) is 39.8 Å². The minimum atomic E-state index is -0.228. The van der Waals surface area contributed by atoms with Crippen LogP contribution in [0, 0.1) is 13.8 Å². The number of nitrogens with zero attached hydrogens (tertiary/aromatic N) is 3. The zero-order valence-electron chi connectivity index (χ0n) is 19.1. The van der Waals surface area contributed by atoms with Crippen molar-refractivity contribution in [1.29, 1.82) is 0 Å². The summed E-state index contributed by atoms with van der Waals surface area (Å²) in [6.45, 7) is 4.69. The lowest BCUT2D eigenvalue weighted by Gasteiger charge is -2.06. The lowest BCUT2D eigenvalue weighted by atomic mass is 10.0. The number of benzene rings is 2. The summed E-state index contributed by atoms with van der Waals surface area (Å²) in [5.74, 6) is 1.96. The van der Waals surface area contributed by atoms with E-state index in [9.17, 15) is 4.79 Å². The number of esters is 1. The maximum absolute atomic E-state index is 11.7. The Morgan fingerprint density at radius 3 is 2.48 bits per heavy atom. The number of methoxy groups -OCH3 is 1. The zero-order valence-corrected chi connectivity index (χ0v) is 19.1. The molecule has 0 radical (unpaired) electrons. The van der Waals surface area contributed by atoms with E-state index >= 15 is 0 Å². The summed E-state index contributed by atoms with van der Waals surface area (Å²) in [5, 5.41) is 4.80. The van der Waals surface area contributed by atoms with Gasteiger partial charge in [0.25, 0.3) is 0 Å². The van der Waals surface area contributed by atoms with Crippen molar-refractivity contribution in [2.24, 2.45) is 0 Å². The van der Waals surface area contributed by atoms with Crippen LogP contribution in [0.25, 0.3) is 11.3 Å². The van der Waals surface area contributed by atoms with Crippen molar-refractivity contribution in [1.82, 2.24) is 14.8 Å². The van der Waals surface area contributed by atoms with Gasteiger partial charge >= 0.3 is 5.97 Å². The molecule has 0 aliphatic heterocycles. The summed E-state index contributed by atoms with van der Waals surface area (Å²) in [4.78, 5) is 16.0. The van der Waals surface area contributed by atoms with Crippen molar-refractivity contribution in [2.75, 3.05) is 7.11 Å². The van der Waals surface area contributed by atoms with Gasteiger partial charge in [-0.05, 0) is 36.6 Å². The van der Waals surface area contributed by atoms with Crippen LogP contribution in [0.1, 0.15) is 34.9 Å². The third-order valence-corrected chi connectivity index (χ3v) is 5.35. The fourth-order valence-electron chi connectivity index (χ4n) is 3.64. The first-order valence-corrected chi connectivity index (χ1v) is 10.8. The number of carbonyl (C=O) groups is 1. The third kappa shape index (κ3) is 5.68. The van der Waals surface area contributed by atoms with Gasteiger partial charge in [0.15, 0.2) is 5.89 Å². The summed E-state index contributed by atoms with van der Waals surface area (Å²) >= 11 is 0. The highest BCUT2D eigenvalue weighted by molar-refractivity contribution is 5.70. The van der Waals surface area contributed by atoms with E-state index in [1.54, 1.807) is 0 Å². The SMILES string of the molecule is COC(=O)CCc1cn(Cc2ccc(OCc3nc(C)oc3C)cc2)nc1-c1ccccc1. The Morgan fingerprint density at radius 1 is 1.06 bits per heavy atom. The van der Waals surface area contributed by atoms with Gasteiger partial charge in [0, 0.05) is 25.1 Å². The predicted molar refractivity (Wildman–Crippen MR) is 124 cm³/mol. The molecule has 0 aliphatic carbocycles. The number of ether oxygens (including phenoxy) is 2. The Hall–Kier alpha value is -3.87. The Labute approximate surface area is 193 Å². The van der Waals surface area contributed by atoms with Gasteiger partial charge in [-0.3, -0.25) is 9.48 Å². The van der Waals surface area contributed by atoms with Crippen LogP contribution in [0.5, 0.6) is 5.75 Å². The van der Waals surface area contributed by atoms with Crippen LogP contribution in [0.15, 0.2) is 65.2 Å². The second-order valence-corrected chi connectivity index (χ2v) is 7.81.